The summed E-state index contributed by atoms with van der Waals surface area (Å²) < 4.78 is 5.01. The zero-order chi connectivity index (χ0) is 16.2. The smallest absolute Gasteiger partial charge is 0.338 e. The Morgan fingerprint density at radius 1 is 1.22 bits per heavy atom. The third kappa shape index (κ3) is 3.29. The molecule has 3 rings (SSSR count). The van der Waals surface area contributed by atoms with Crippen LogP contribution >= 0.6 is 0 Å². The third-order valence-corrected chi connectivity index (χ3v) is 3.47. The van der Waals surface area contributed by atoms with Gasteiger partial charge in [-0.2, -0.15) is 0 Å². The predicted octanol–water partition coefficient (Wildman–Crippen LogP) is 3.33. The van der Waals surface area contributed by atoms with E-state index in [1.165, 1.54) is 0 Å². The Morgan fingerprint density at radius 3 is 2.74 bits per heavy atom. The lowest BCUT2D eigenvalue weighted by Crippen LogP contribution is -2.14. The maximum Gasteiger partial charge on any atom is 0.338 e. The number of anilines is 1. The zero-order valence-electron chi connectivity index (χ0n) is 12.7. The Bertz CT molecular complexity index is 782. The second-order valence-corrected chi connectivity index (χ2v) is 5.10. The number of rotatable bonds is 3. The Hall–Kier alpha value is -2.95. The zero-order valence-corrected chi connectivity index (χ0v) is 12.7. The molecule has 0 atom stereocenters. The quantitative estimate of drug-likeness (QED) is 0.884. The Kier molecular flexibility index (Phi) is 4.19. The molecule has 0 fully saturated rings. The highest BCUT2D eigenvalue weighted by Crippen LogP contribution is 2.30. The molecule has 0 aromatic heterocycles. The first-order valence-corrected chi connectivity index (χ1v) is 7.41. The largest absolute Gasteiger partial charge is 0.462 e. The number of amides is 1. The first-order chi connectivity index (χ1) is 11.2. The average molecular weight is 308 g/mol. The van der Waals surface area contributed by atoms with Gasteiger partial charge in [-0.3, -0.25) is 9.79 Å². The Labute approximate surface area is 134 Å². The molecule has 0 saturated carbocycles. The van der Waals surface area contributed by atoms with Crippen molar-refractivity contribution in [3.63, 3.8) is 0 Å². The van der Waals surface area contributed by atoms with Crippen LogP contribution in [0.1, 0.15) is 29.3 Å². The van der Waals surface area contributed by atoms with Gasteiger partial charge in [-0.1, -0.05) is 30.3 Å². The molecule has 0 radical (unpaired) electrons. The molecule has 116 valence electrons. The van der Waals surface area contributed by atoms with E-state index in [2.05, 4.69) is 10.3 Å². The van der Waals surface area contributed by atoms with Crippen LogP contribution in [0.4, 0.5) is 11.4 Å². The predicted molar refractivity (Wildman–Crippen MR) is 88.3 cm³/mol. The first kappa shape index (κ1) is 15.0. The van der Waals surface area contributed by atoms with Crippen LogP contribution in [0.3, 0.4) is 0 Å². The van der Waals surface area contributed by atoms with Gasteiger partial charge in [0.1, 0.15) is 0 Å². The monoisotopic (exact) mass is 308 g/mol. The molecular weight excluding hydrogens is 292 g/mol. The summed E-state index contributed by atoms with van der Waals surface area (Å²) in [5, 5.41) is 2.81. The third-order valence-electron chi connectivity index (χ3n) is 3.47. The van der Waals surface area contributed by atoms with Crippen molar-refractivity contribution in [2.24, 2.45) is 4.99 Å². The van der Waals surface area contributed by atoms with Crippen molar-refractivity contribution >= 4 is 29.0 Å². The van der Waals surface area contributed by atoms with E-state index in [0.29, 0.717) is 29.3 Å². The molecule has 1 amide bonds. The molecule has 0 spiro atoms. The van der Waals surface area contributed by atoms with Gasteiger partial charge in [0.2, 0.25) is 5.91 Å². The minimum atomic E-state index is -0.401. The van der Waals surface area contributed by atoms with Gasteiger partial charge in [-0.15, -0.1) is 0 Å². The SMILES string of the molecule is CCOC(=O)c1ccc2c(c1)N=C(c1ccccc1)CC(=O)N2. The summed E-state index contributed by atoms with van der Waals surface area (Å²) in [6.45, 7) is 2.07. The molecule has 0 bridgehead atoms. The second kappa shape index (κ2) is 6.44. The summed E-state index contributed by atoms with van der Waals surface area (Å²) in [5.74, 6) is -0.530. The van der Waals surface area contributed by atoms with Crippen molar-refractivity contribution in [3.05, 3.63) is 59.7 Å². The van der Waals surface area contributed by atoms with Gasteiger partial charge in [-0.05, 0) is 30.7 Å². The number of hydrogen-bond acceptors (Lipinski definition) is 4. The lowest BCUT2D eigenvalue weighted by molar-refractivity contribution is -0.115. The first-order valence-electron chi connectivity index (χ1n) is 7.41. The van der Waals surface area contributed by atoms with E-state index in [9.17, 15) is 9.59 Å². The van der Waals surface area contributed by atoms with Gasteiger partial charge in [0.25, 0.3) is 0 Å². The molecule has 0 aliphatic carbocycles. The molecule has 1 heterocycles. The van der Waals surface area contributed by atoms with E-state index in [1.54, 1.807) is 25.1 Å². The number of aliphatic imine (C=N–C) groups is 1. The number of nitrogens with zero attached hydrogens (tertiary/aromatic N) is 1. The number of carbonyl (C=O) groups is 2. The molecule has 1 aliphatic heterocycles. The van der Waals surface area contributed by atoms with E-state index < -0.39 is 5.97 Å². The molecule has 0 unspecified atom stereocenters. The minimum absolute atomic E-state index is 0.129. The van der Waals surface area contributed by atoms with Crippen molar-refractivity contribution < 1.29 is 14.3 Å². The molecule has 1 N–H and O–H groups in total. The standard InChI is InChI=1S/C18H16N2O3/c1-2-23-18(22)13-8-9-14-16(10-13)19-15(11-17(21)20-14)12-6-4-3-5-7-12/h3-10H,2,11H2,1H3,(H,20,21). The van der Waals surface area contributed by atoms with Gasteiger partial charge in [0.05, 0.1) is 35.7 Å². The number of nitrogens with one attached hydrogen (secondary N) is 1. The number of carbonyl (C=O) groups excluding carboxylic acids is 2. The van der Waals surface area contributed by atoms with Crippen LogP contribution < -0.4 is 5.32 Å². The number of ether oxygens (including phenoxy) is 1. The van der Waals surface area contributed by atoms with E-state index in [0.717, 1.165) is 5.56 Å². The Balaban J connectivity index is 2.05. The van der Waals surface area contributed by atoms with Crippen LogP contribution in [-0.2, 0) is 9.53 Å². The van der Waals surface area contributed by atoms with Crippen molar-refractivity contribution in [3.8, 4) is 0 Å². The van der Waals surface area contributed by atoms with E-state index in [1.807, 2.05) is 30.3 Å². The van der Waals surface area contributed by atoms with Crippen LogP contribution in [0, 0.1) is 0 Å². The summed E-state index contributed by atoms with van der Waals surface area (Å²) in [6.07, 6.45) is 0.188. The van der Waals surface area contributed by atoms with Crippen molar-refractivity contribution in [1.82, 2.24) is 0 Å². The normalized spacial score (nSPS) is 13.4. The molecule has 0 saturated heterocycles. The van der Waals surface area contributed by atoms with Gasteiger partial charge < -0.3 is 10.1 Å². The summed E-state index contributed by atoms with van der Waals surface area (Å²) in [4.78, 5) is 28.5. The summed E-state index contributed by atoms with van der Waals surface area (Å²) in [6, 6.07) is 14.5. The van der Waals surface area contributed by atoms with Gasteiger partial charge >= 0.3 is 5.97 Å². The highest BCUT2D eigenvalue weighted by Gasteiger charge is 2.18. The van der Waals surface area contributed by atoms with Crippen LogP contribution in [0.2, 0.25) is 0 Å². The Morgan fingerprint density at radius 2 is 2.00 bits per heavy atom. The highest BCUT2D eigenvalue weighted by molar-refractivity contribution is 6.17. The lowest BCUT2D eigenvalue weighted by Gasteiger charge is -2.07. The maximum atomic E-state index is 12.1. The molecular formula is C18H16N2O3. The fourth-order valence-electron chi connectivity index (χ4n) is 2.40. The lowest BCUT2D eigenvalue weighted by atomic mass is 10.1. The number of hydrogen-bond donors (Lipinski definition) is 1. The molecule has 5 heteroatoms. The van der Waals surface area contributed by atoms with E-state index in [4.69, 9.17) is 4.74 Å². The van der Waals surface area contributed by atoms with E-state index >= 15 is 0 Å². The average Bonchev–Trinajstić information content (AvgIpc) is 2.73. The van der Waals surface area contributed by atoms with Crippen LogP contribution in [0.25, 0.3) is 0 Å². The summed E-state index contributed by atoms with van der Waals surface area (Å²) in [7, 11) is 0. The molecule has 23 heavy (non-hydrogen) atoms. The molecule has 1 aliphatic rings. The van der Waals surface area contributed by atoms with E-state index in [-0.39, 0.29) is 12.3 Å². The van der Waals surface area contributed by atoms with Gasteiger partial charge in [-0.25, -0.2) is 4.79 Å². The number of benzene rings is 2. The number of esters is 1. The topological polar surface area (TPSA) is 67.8 Å². The summed E-state index contributed by atoms with van der Waals surface area (Å²) in [5.41, 5.74) is 3.12. The van der Waals surface area contributed by atoms with Gasteiger partial charge in [0.15, 0.2) is 0 Å². The van der Waals surface area contributed by atoms with Crippen molar-refractivity contribution in [2.45, 2.75) is 13.3 Å². The van der Waals surface area contributed by atoms with Crippen LogP contribution in [0.15, 0.2) is 53.5 Å². The van der Waals surface area contributed by atoms with Gasteiger partial charge in [0, 0.05) is 0 Å². The molecule has 2 aromatic rings. The summed E-state index contributed by atoms with van der Waals surface area (Å²) >= 11 is 0. The molecule has 5 nitrogen and oxygen atoms in total. The van der Waals surface area contributed by atoms with Crippen molar-refractivity contribution in [1.29, 1.82) is 0 Å². The fourth-order valence-corrected chi connectivity index (χ4v) is 2.40. The van der Waals surface area contributed by atoms with Crippen molar-refractivity contribution in [2.75, 3.05) is 11.9 Å². The maximum absolute atomic E-state index is 12.1. The molecule has 2 aromatic carbocycles. The van der Waals surface area contributed by atoms with Crippen LogP contribution in [-0.4, -0.2) is 24.2 Å². The highest BCUT2D eigenvalue weighted by atomic mass is 16.5. The second-order valence-electron chi connectivity index (χ2n) is 5.10. The van der Waals surface area contributed by atoms with Crippen LogP contribution in [0.5, 0.6) is 0 Å². The fraction of sp³-hybridized carbons (Fsp3) is 0.167. The number of fused-ring (bicyclic) bond motifs is 1. The minimum Gasteiger partial charge on any atom is -0.462 e.